The molecule has 1 amide bonds. The first-order chi connectivity index (χ1) is 11.0. The Bertz CT molecular complexity index is 701. The molecule has 2 aromatic rings. The Morgan fingerprint density at radius 1 is 1.17 bits per heavy atom. The van der Waals surface area contributed by atoms with Gasteiger partial charge in [0.15, 0.2) is 17.5 Å². The second kappa shape index (κ2) is 7.48. The van der Waals surface area contributed by atoms with Crippen LogP contribution in [0, 0.1) is 17.5 Å². The number of nitrogens with one attached hydrogen (secondary N) is 1. The quantitative estimate of drug-likeness (QED) is 0.287. The van der Waals surface area contributed by atoms with E-state index in [1.807, 2.05) is 0 Å². The smallest absolute Gasteiger partial charge is 0.241 e. The molecule has 0 heterocycles. The van der Waals surface area contributed by atoms with Crippen LogP contribution in [-0.4, -0.2) is 11.8 Å². The minimum absolute atomic E-state index is 0.126. The molecule has 0 aliphatic carbocycles. The molecule has 1 atom stereocenters. The first kappa shape index (κ1) is 17.3. The first-order valence-electron chi connectivity index (χ1n) is 6.79. The van der Waals surface area contributed by atoms with Gasteiger partial charge < -0.3 is 0 Å². The Balaban J connectivity index is 2.59. The van der Waals surface area contributed by atoms with Gasteiger partial charge in [-0.2, -0.15) is 0 Å². The second-order valence-corrected chi connectivity index (χ2v) is 5.26. The van der Waals surface area contributed by atoms with Crippen LogP contribution in [0.2, 0.25) is 0 Å². The largest absolute Gasteiger partial charge is 0.294 e. The zero-order valence-electron chi connectivity index (χ0n) is 12.0. The van der Waals surface area contributed by atoms with Crippen LogP contribution in [0.25, 0.3) is 11.1 Å². The van der Waals surface area contributed by atoms with Gasteiger partial charge in [0, 0.05) is 5.88 Å². The molecule has 0 saturated heterocycles. The molecule has 0 bridgehead atoms. The van der Waals surface area contributed by atoms with Gasteiger partial charge in [-0.1, -0.05) is 24.3 Å². The number of hydrazine groups is 1. The number of alkyl halides is 1. The third kappa shape index (κ3) is 3.65. The summed E-state index contributed by atoms with van der Waals surface area (Å²) in [6.45, 7) is 0. The van der Waals surface area contributed by atoms with E-state index in [1.165, 1.54) is 0 Å². The molecule has 23 heavy (non-hydrogen) atoms. The number of rotatable bonds is 5. The highest BCUT2D eigenvalue weighted by Gasteiger charge is 2.23. The van der Waals surface area contributed by atoms with Crippen LogP contribution >= 0.6 is 11.6 Å². The summed E-state index contributed by atoms with van der Waals surface area (Å²) >= 11 is 5.73. The molecule has 0 radical (unpaired) electrons. The Morgan fingerprint density at radius 2 is 1.78 bits per heavy atom. The average molecular weight is 343 g/mol. The van der Waals surface area contributed by atoms with Crippen LogP contribution in [0.3, 0.4) is 0 Å². The Hall–Kier alpha value is -2.05. The third-order valence-corrected chi connectivity index (χ3v) is 3.71. The van der Waals surface area contributed by atoms with Crippen LogP contribution in [0.4, 0.5) is 13.2 Å². The van der Waals surface area contributed by atoms with Gasteiger partial charge in [0.2, 0.25) is 5.91 Å². The lowest BCUT2D eigenvalue weighted by molar-refractivity contribution is -0.122. The summed E-state index contributed by atoms with van der Waals surface area (Å²) in [7, 11) is 0. The lowest BCUT2D eigenvalue weighted by atomic mass is 9.88. The van der Waals surface area contributed by atoms with Crippen molar-refractivity contribution in [2.24, 2.45) is 5.84 Å². The van der Waals surface area contributed by atoms with E-state index in [0.717, 1.165) is 12.1 Å². The molecule has 0 aromatic heterocycles. The second-order valence-electron chi connectivity index (χ2n) is 4.88. The van der Waals surface area contributed by atoms with Gasteiger partial charge in [0.05, 0.1) is 5.92 Å². The van der Waals surface area contributed by atoms with Crippen LogP contribution < -0.4 is 11.3 Å². The standard InChI is InChI=1S/C16H14ClF3N2O/c17-6-5-12(16(23)22-21)11-4-2-1-3-10(11)9-7-13(18)15(20)14(19)8-9/h1-4,7-8,12H,5-6,21H2,(H,22,23). The molecule has 0 fully saturated rings. The molecule has 3 N–H and O–H groups in total. The van der Waals surface area contributed by atoms with Gasteiger partial charge >= 0.3 is 0 Å². The minimum Gasteiger partial charge on any atom is -0.294 e. The molecule has 0 saturated carbocycles. The lowest BCUT2D eigenvalue weighted by Crippen LogP contribution is -2.35. The van der Waals surface area contributed by atoms with Crippen molar-refractivity contribution in [2.75, 3.05) is 5.88 Å². The maximum atomic E-state index is 13.5. The van der Waals surface area contributed by atoms with Crippen molar-refractivity contribution < 1.29 is 18.0 Å². The molecular weight excluding hydrogens is 329 g/mol. The summed E-state index contributed by atoms with van der Waals surface area (Å²) in [5.74, 6) is 0.0803. The molecule has 0 aliphatic rings. The van der Waals surface area contributed by atoms with Gasteiger partial charge in [0.1, 0.15) is 0 Å². The zero-order chi connectivity index (χ0) is 17.0. The summed E-state index contributed by atoms with van der Waals surface area (Å²) in [6.07, 6.45) is 0.285. The summed E-state index contributed by atoms with van der Waals surface area (Å²) in [5, 5.41) is 0. The summed E-state index contributed by atoms with van der Waals surface area (Å²) in [4.78, 5) is 12.0. The van der Waals surface area contributed by atoms with Crippen molar-refractivity contribution in [1.82, 2.24) is 5.43 Å². The van der Waals surface area contributed by atoms with Crippen molar-refractivity contribution in [3.8, 4) is 11.1 Å². The molecular formula is C16H14ClF3N2O. The fraction of sp³-hybridized carbons (Fsp3) is 0.188. The number of amides is 1. The zero-order valence-corrected chi connectivity index (χ0v) is 12.7. The number of hydrogen-bond donors (Lipinski definition) is 2. The topological polar surface area (TPSA) is 55.1 Å². The maximum Gasteiger partial charge on any atom is 0.241 e. The number of carbonyl (C=O) groups excluding carboxylic acids is 1. The van der Waals surface area contributed by atoms with E-state index in [4.69, 9.17) is 17.4 Å². The van der Waals surface area contributed by atoms with Gasteiger partial charge in [-0.05, 0) is 35.2 Å². The monoisotopic (exact) mass is 342 g/mol. The van der Waals surface area contributed by atoms with Crippen molar-refractivity contribution in [3.05, 3.63) is 59.4 Å². The Morgan fingerprint density at radius 3 is 2.35 bits per heavy atom. The van der Waals surface area contributed by atoms with Crippen molar-refractivity contribution >= 4 is 17.5 Å². The molecule has 3 nitrogen and oxygen atoms in total. The lowest BCUT2D eigenvalue weighted by Gasteiger charge is -2.18. The van der Waals surface area contributed by atoms with Crippen LogP contribution in [0.1, 0.15) is 17.9 Å². The average Bonchev–Trinajstić information content (AvgIpc) is 2.56. The fourth-order valence-electron chi connectivity index (χ4n) is 2.41. The van der Waals surface area contributed by atoms with Crippen LogP contribution in [0.15, 0.2) is 36.4 Å². The molecule has 0 aliphatic heterocycles. The predicted molar refractivity (Wildman–Crippen MR) is 82.2 cm³/mol. The first-order valence-corrected chi connectivity index (χ1v) is 7.33. The van der Waals surface area contributed by atoms with E-state index in [-0.39, 0.29) is 17.9 Å². The molecule has 2 rings (SSSR count). The highest BCUT2D eigenvalue weighted by atomic mass is 35.5. The molecule has 122 valence electrons. The predicted octanol–water partition coefficient (Wildman–Crippen LogP) is 3.47. The van der Waals surface area contributed by atoms with E-state index in [1.54, 1.807) is 24.3 Å². The van der Waals surface area contributed by atoms with Gasteiger partial charge in [0.25, 0.3) is 0 Å². The third-order valence-electron chi connectivity index (χ3n) is 3.49. The normalized spacial score (nSPS) is 12.0. The van der Waals surface area contributed by atoms with E-state index in [0.29, 0.717) is 11.1 Å². The van der Waals surface area contributed by atoms with Crippen LogP contribution in [-0.2, 0) is 4.79 Å². The van der Waals surface area contributed by atoms with E-state index in [2.05, 4.69) is 5.43 Å². The summed E-state index contributed by atoms with van der Waals surface area (Å²) < 4.78 is 40.1. The number of benzene rings is 2. The van der Waals surface area contributed by atoms with Gasteiger partial charge in [-0.25, -0.2) is 19.0 Å². The highest BCUT2D eigenvalue weighted by molar-refractivity contribution is 6.18. The molecule has 0 spiro atoms. The minimum atomic E-state index is -1.54. The number of halogens is 4. The van der Waals surface area contributed by atoms with Crippen molar-refractivity contribution in [1.29, 1.82) is 0 Å². The summed E-state index contributed by atoms with van der Waals surface area (Å²) in [5.41, 5.74) is 3.09. The van der Waals surface area contributed by atoms with Gasteiger partial charge in [-0.15, -0.1) is 11.6 Å². The van der Waals surface area contributed by atoms with Crippen LogP contribution in [0.5, 0.6) is 0 Å². The molecule has 2 aromatic carbocycles. The Labute approximate surface area is 136 Å². The number of hydrogen-bond acceptors (Lipinski definition) is 2. The molecule has 1 unspecified atom stereocenters. The van der Waals surface area contributed by atoms with E-state index < -0.39 is 29.3 Å². The SMILES string of the molecule is NNC(=O)C(CCCl)c1ccccc1-c1cc(F)c(F)c(F)c1. The summed E-state index contributed by atoms with van der Waals surface area (Å²) in [6, 6.07) is 8.33. The maximum absolute atomic E-state index is 13.5. The number of carbonyl (C=O) groups is 1. The van der Waals surface area contributed by atoms with Crippen molar-refractivity contribution in [3.63, 3.8) is 0 Å². The van der Waals surface area contributed by atoms with E-state index >= 15 is 0 Å². The van der Waals surface area contributed by atoms with E-state index in [9.17, 15) is 18.0 Å². The molecule has 7 heteroatoms. The van der Waals surface area contributed by atoms with Crippen molar-refractivity contribution in [2.45, 2.75) is 12.3 Å². The number of nitrogens with two attached hydrogens (primary N) is 1. The highest BCUT2D eigenvalue weighted by Crippen LogP contribution is 2.33. The fourth-order valence-corrected chi connectivity index (χ4v) is 2.63. The van der Waals surface area contributed by atoms with Gasteiger partial charge in [-0.3, -0.25) is 10.2 Å². The Kier molecular flexibility index (Phi) is 5.63.